The van der Waals surface area contributed by atoms with Gasteiger partial charge in [-0.2, -0.15) is 4.31 Å². The molecule has 2 aromatic carbocycles. The van der Waals surface area contributed by atoms with Gasteiger partial charge in [0, 0.05) is 18.7 Å². The van der Waals surface area contributed by atoms with Gasteiger partial charge in [0.15, 0.2) is 10.7 Å². The molecule has 10 heteroatoms. The van der Waals surface area contributed by atoms with Crippen LogP contribution in [0.4, 0.5) is 10.1 Å². The summed E-state index contributed by atoms with van der Waals surface area (Å²) in [6.07, 6.45) is 3.89. The average molecular weight is 518 g/mol. The zero-order chi connectivity index (χ0) is 25.2. The molecule has 35 heavy (non-hydrogen) atoms. The number of rotatable bonds is 6. The maximum Gasteiger partial charge on any atom is 0.248 e. The molecule has 0 unspecified atom stereocenters. The lowest BCUT2D eigenvalue weighted by Crippen LogP contribution is -2.43. The number of sulfonamides is 1. The predicted octanol–water partition coefficient (Wildman–Crippen LogP) is 5.29. The number of hydrogen-bond acceptors (Lipinski definition) is 5. The molecule has 0 radical (unpaired) electrons. The molecule has 3 aromatic rings. The lowest BCUT2D eigenvalue weighted by Gasteiger charge is -2.31. The molecule has 0 bridgehead atoms. The number of halogens is 2. The van der Waals surface area contributed by atoms with Crippen LogP contribution in [0, 0.1) is 25.6 Å². The van der Waals surface area contributed by atoms with Crippen molar-refractivity contribution in [3.8, 4) is 0 Å². The second kappa shape index (κ2) is 10.3. The van der Waals surface area contributed by atoms with Crippen LogP contribution in [-0.4, -0.2) is 36.9 Å². The van der Waals surface area contributed by atoms with Crippen molar-refractivity contribution >= 4 is 45.4 Å². The Balaban J connectivity index is 1.54. The summed E-state index contributed by atoms with van der Waals surface area (Å²) in [7, 11) is -4.02. The van der Waals surface area contributed by atoms with Crippen molar-refractivity contribution < 1.29 is 22.1 Å². The number of benzene rings is 2. The van der Waals surface area contributed by atoms with Crippen molar-refractivity contribution in [2.24, 2.45) is 5.92 Å². The third-order valence-electron chi connectivity index (χ3n) is 5.89. The van der Waals surface area contributed by atoms with Gasteiger partial charge >= 0.3 is 0 Å². The first kappa shape index (κ1) is 25.1. The summed E-state index contributed by atoms with van der Waals surface area (Å²) in [6.45, 7) is 3.70. The Hall–Kier alpha value is -3.01. The fourth-order valence-electron chi connectivity index (χ4n) is 4.03. The van der Waals surface area contributed by atoms with Crippen LogP contribution in [0.15, 0.2) is 51.9 Å². The highest BCUT2D eigenvalue weighted by molar-refractivity contribution is 7.89. The lowest BCUT2D eigenvalue weighted by molar-refractivity contribution is -0.120. The van der Waals surface area contributed by atoms with Crippen LogP contribution in [0.2, 0.25) is 5.02 Å². The van der Waals surface area contributed by atoms with E-state index in [2.05, 4.69) is 10.5 Å². The summed E-state index contributed by atoms with van der Waals surface area (Å²) in [5.41, 5.74) is 1.93. The van der Waals surface area contributed by atoms with Crippen LogP contribution >= 0.6 is 11.6 Å². The van der Waals surface area contributed by atoms with Crippen LogP contribution in [-0.2, 0) is 14.8 Å². The largest absolute Gasteiger partial charge is 0.355 e. The number of carbonyl (C=O) groups excluding carboxylic acids is 1. The van der Waals surface area contributed by atoms with E-state index in [1.807, 2.05) is 13.0 Å². The Bertz CT molecular complexity index is 1390. The Morgan fingerprint density at radius 1 is 1.23 bits per heavy atom. The molecule has 1 atom stereocenters. The molecule has 1 aromatic heterocycles. The number of aryl methyl sites for hydroxylation is 2. The quantitative estimate of drug-likeness (QED) is 0.479. The maximum absolute atomic E-state index is 14.0. The first-order valence-corrected chi connectivity index (χ1v) is 12.9. The molecule has 4 rings (SSSR count). The minimum absolute atomic E-state index is 0.00349. The summed E-state index contributed by atoms with van der Waals surface area (Å²) in [4.78, 5) is 12.8. The second-order valence-electron chi connectivity index (χ2n) is 8.49. The number of piperidine rings is 1. The van der Waals surface area contributed by atoms with E-state index in [-0.39, 0.29) is 40.9 Å². The fraction of sp³-hybridized carbons (Fsp3) is 0.280. The van der Waals surface area contributed by atoms with Crippen LogP contribution in [0.1, 0.15) is 35.4 Å². The SMILES string of the molecule is Cc1ccc(NC(=O)[C@@H]2CCCN(S(=O)(=O)c3c(C)noc3/C=C/c3ccccc3F)C2)c(Cl)c1. The predicted molar refractivity (Wildman–Crippen MR) is 133 cm³/mol. The number of anilines is 1. The maximum atomic E-state index is 14.0. The van der Waals surface area contributed by atoms with E-state index in [0.717, 1.165) is 5.56 Å². The van der Waals surface area contributed by atoms with Gasteiger partial charge in [0.2, 0.25) is 15.9 Å². The van der Waals surface area contributed by atoms with Gasteiger partial charge < -0.3 is 9.84 Å². The smallest absolute Gasteiger partial charge is 0.248 e. The van der Waals surface area contributed by atoms with Crippen LogP contribution in [0.3, 0.4) is 0 Å². The van der Waals surface area contributed by atoms with Crippen molar-refractivity contribution in [2.75, 3.05) is 18.4 Å². The third kappa shape index (κ3) is 5.47. The Labute approximate surface area is 208 Å². The summed E-state index contributed by atoms with van der Waals surface area (Å²) >= 11 is 6.23. The van der Waals surface area contributed by atoms with Crippen LogP contribution in [0.25, 0.3) is 12.2 Å². The van der Waals surface area contributed by atoms with Crippen molar-refractivity contribution in [1.29, 1.82) is 0 Å². The highest BCUT2D eigenvalue weighted by atomic mass is 35.5. The Kier molecular flexibility index (Phi) is 7.39. The molecular formula is C25H25ClFN3O4S. The molecule has 2 heterocycles. The number of carbonyl (C=O) groups is 1. The van der Waals surface area contributed by atoms with Gasteiger partial charge in [-0.25, -0.2) is 12.8 Å². The highest BCUT2D eigenvalue weighted by Gasteiger charge is 2.37. The lowest BCUT2D eigenvalue weighted by atomic mass is 9.98. The zero-order valence-electron chi connectivity index (χ0n) is 19.3. The average Bonchev–Trinajstić information content (AvgIpc) is 3.21. The number of aromatic nitrogens is 1. The molecule has 0 aliphatic carbocycles. The van der Waals surface area contributed by atoms with E-state index in [1.54, 1.807) is 30.3 Å². The molecule has 0 saturated carbocycles. The Morgan fingerprint density at radius 2 is 2.00 bits per heavy atom. The molecule has 1 aliphatic rings. The minimum Gasteiger partial charge on any atom is -0.355 e. The number of amides is 1. The number of hydrogen-bond donors (Lipinski definition) is 1. The van der Waals surface area contributed by atoms with E-state index < -0.39 is 21.8 Å². The topological polar surface area (TPSA) is 92.5 Å². The standard InChI is InChI=1S/C25H25ClFN3O4S/c1-16-9-11-22(20(26)14-16)28-25(31)19-7-5-13-30(15-19)35(32,33)24-17(2)29-34-23(24)12-10-18-6-3-4-8-21(18)27/h3-4,6,8-12,14,19H,5,7,13,15H2,1-2H3,(H,28,31)/b12-10+/t19-/m1/s1. The minimum atomic E-state index is -4.02. The molecule has 7 nitrogen and oxygen atoms in total. The summed E-state index contributed by atoms with van der Waals surface area (Å²) in [5.74, 6) is -1.28. The molecule has 1 amide bonds. The van der Waals surface area contributed by atoms with Crippen molar-refractivity contribution in [3.05, 3.63) is 75.9 Å². The van der Waals surface area contributed by atoms with Gasteiger partial charge in [-0.3, -0.25) is 4.79 Å². The monoisotopic (exact) mass is 517 g/mol. The van der Waals surface area contributed by atoms with Gasteiger partial charge in [-0.1, -0.05) is 41.0 Å². The molecule has 1 saturated heterocycles. The van der Waals surface area contributed by atoms with Gasteiger partial charge in [0.1, 0.15) is 11.5 Å². The van der Waals surface area contributed by atoms with Gasteiger partial charge in [0.05, 0.1) is 16.6 Å². The van der Waals surface area contributed by atoms with Gasteiger partial charge in [0.25, 0.3) is 0 Å². The van der Waals surface area contributed by atoms with E-state index in [0.29, 0.717) is 23.6 Å². The molecule has 1 fully saturated rings. The molecule has 0 spiro atoms. The Morgan fingerprint density at radius 3 is 2.74 bits per heavy atom. The number of nitrogens with one attached hydrogen (secondary N) is 1. The van der Waals surface area contributed by atoms with Gasteiger partial charge in [-0.15, -0.1) is 0 Å². The zero-order valence-corrected chi connectivity index (χ0v) is 20.9. The van der Waals surface area contributed by atoms with Crippen molar-refractivity contribution in [2.45, 2.75) is 31.6 Å². The summed E-state index contributed by atoms with van der Waals surface area (Å²) in [5, 5.41) is 7.05. The highest BCUT2D eigenvalue weighted by Crippen LogP contribution is 2.30. The number of nitrogens with zero attached hydrogens (tertiary/aromatic N) is 2. The van der Waals surface area contributed by atoms with Crippen molar-refractivity contribution in [1.82, 2.24) is 9.46 Å². The van der Waals surface area contributed by atoms with Gasteiger partial charge in [-0.05, 0) is 62.6 Å². The van der Waals surface area contributed by atoms with E-state index in [9.17, 15) is 17.6 Å². The second-order valence-corrected chi connectivity index (χ2v) is 10.8. The van der Waals surface area contributed by atoms with Crippen LogP contribution in [0.5, 0.6) is 0 Å². The molecular weight excluding hydrogens is 493 g/mol. The normalized spacial score (nSPS) is 17.1. The third-order valence-corrected chi connectivity index (χ3v) is 8.22. The molecule has 184 valence electrons. The molecule has 1 N–H and O–H groups in total. The van der Waals surface area contributed by atoms with E-state index >= 15 is 0 Å². The summed E-state index contributed by atoms with van der Waals surface area (Å²) < 4.78 is 47.6. The first-order chi connectivity index (χ1) is 16.7. The fourth-order valence-corrected chi connectivity index (χ4v) is 6.09. The van der Waals surface area contributed by atoms with Crippen LogP contribution < -0.4 is 5.32 Å². The van der Waals surface area contributed by atoms with E-state index in [4.69, 9.17) is 16.1 Å². The molecule has 1 aliphatic heterocycles. The summed E-state index contributed by atoms with van der Waals surface area (Å²) in [6, 6.07) is 11.4. The van der Waals surface area contributed by atoms with Crippen molar-refractivity contribution in [3.63, 3.8) is 0 Å². The first-order valence-electron chi connectivity index (χ1n) is 11.1. The van der Waals surface area contributed by atoms with E-state index in [1.165, 1.54) is 29.4 Å².